The number of nitrogens with one attached hydrogen (secondary N) is 2. The highest BCUT2D eigenvalue weighted by Crippen LogP contribution is 2.22. The number of aliphatic hydroxyl groups is 1. The quantitative estimate of drug-likeness (QED) is 0.502. The Hall–Kier alpha value is -1.35. The van der Waals surface area contributed by atoms with E-state index in [1.807, 2.05) is 0 Å². The average Bonchev–Trinajstić information content (AvgIpc) is 2.37. The van der Waals surface area contributed by atoms with Gasteiger partial charge < -0.3 is 20.9 Å². The summed E-state index contributed by atoms with van der Waals surface area (Å²) in [6, 6.07) is 4.38. The van der Waals surface area contributed by atoms with Crippen LogP contribution in [0.2, 0.25) is 0 Å². The van der Waals surface area contributed by atoms with Crippen LogP contribution in [-0.2, 0) is 14.8 Å². The Morgan fingerprint density at radius 2 is 2.15 bits per heavy atom. The highest BCUT2D eigenvalue weighted by molar-refractivity contribution is 7.89. The summed E-state index contributed by atoms with van der Waals surface area (Å²) in [5.74, 6) is 0. The molecule has 20 heavy (non-hydrogen) atoms. The van der Waals surface area contributed by atoms with Crippen LogP contribution in [0.1, 0.15) is 6.92 Å². The van der Waals surface area contributed by atoms with Gasteiger partial charge in [-0.2, -0.15) is 0 Å². The fourth-order valence-electron chi connectivity index (χ4n) is 1.61. The van der Waals surface area contributed by atoms with Crippen LogP contribution in [0.25, 0.3) is 0 Å². The van der Waals surface area contributed by atoms with E-state index in [0.29, 0.717) is 17.9 Å². The Morgan fingerprint density at radius 1 is 1.45 bits per heavy atom. The number of methoxy groups -OCH3 is 1. The van der Waals surface area contributed by atoms with Crippen LogP contribution in [-0.4, -0.2) is 46.4 Å². The van der Waals surface area contributed by atoms with E-state index in [0.717, 1.165) is 0 Å². The lowest BCUT2D eigenvalue weighted by atomic mass is 10.2. The van der Waals surface area contributed by atoms with Gasteiger partial charge in [0.05, 0.1) is 29.0 Å². The second kappa shape index (κ2) is 7.44. The van der Waals surface area contributed by atoms with Crippen LogP contribution in [0.3, 0.4) is 0 Å². The molecule has 1 rings (SSSR count). The van der Waals surface area contributed by atoms with E-state index in [2.05, 4.69) is 10.0 Å². The SMILES string of the molecule is CCNS(=O)(=O)c1ccc(N)c(NCC(O)COC)c1. The Morgan fingerprint density at radius 3 is 2.75 bits per heavy atom. The van der Waals surface area contributed by atoms with Crippen molar-refractivity contribution in [3.63, 3.8) is 0 Å². The van der Waals surface area contributed by atoms with Gasteiger partial charge in [0.15, 0.2) is 0 Å². The number of nitrogen functional groups attached to an aromatic ring is 1. The number of hydrogen-bond acceptors (Lipinski definition) is 6. The zero-order valence-electron chi connectivity index (χ0n) is 11.6. The van der Waals surface area contributed by atoms with Gasteiger partial charge in [0.25, 0.3) is 0 Å². The summed E-state index contributed by atoms with van der Waals surface area (Å²) in [4.78, 5) is 0.122. The molecular formula is C12H21N3O4S. The number of benzene rings is 1. The normalized spacial score (nSPS) is 13.2. The van der Waals surface area contributed by atoms with Crippen LogP contribution < -0.4 is 15.8 Å². The average molecular weight is 303 g/mol. The van der Waals surface area contributed by atoms with Crippen LogP contribution in [0.4, 0.5) is 11.4 Å². The Balaban J connectivity index is 2.87. The van der Waals surface area contributed by atoms with Crippen molar-refractivity contribution in [2.45, 2.75) is 17.9 Å². The standard InChI is InChI=1S/C12H21N3O4S/c1-3-15-20(17,18)10-4-5-11(13)12(6-10)14-7-9(16)8-19-2/h4-6,9,14-16H,3,7-8,13H2,1-2H3. The fraction of sp³-hybridized carbons (Fsp3) is 0.500. The first kappa shape index (κ1) is 16.7. The summed E-state index contributed by atoms with van der Waals surface area (Å²) >= 11 is 0. The molecule has 0 amide bonds. The molecule has 1 atom stereocenters. The number of sulfonamides is 1. The molecular weight excluding hydrogens is 282 g/mol. The van der Waals surface area contributed by atoms with Gasteiger partial charge in [-0.05, 0) is 18.2 Å². The van der Waals surface area contributed by atoms with Gasteiger partial charge in [-0.15, -0.1) is 0 Å². The molecule has 0 saturated heterocycles. The van der Waals surface area contributed by atoms with Crippen molar-refractivity contribution >= 4 is 21.4 Å². The van der Waals surface area contributed by atoms with Crippen LogP contribution >= 0.6 is 0 Å². The first-order valence-electron chi connectivity index (χ1n) is 6.20. The van der Waals surface area contributed by atoms with E-state index in [-0.39, 0.29) is 18.0 Å². The summed E-state index contributed by atoms with van der Waals surface area (Å²) in [6.07, 6.45) is -0.701. The molecule has 5 N–H and O–H groups in total. The molecule has 0 aliphatic heterocycles. The maximum atomic E-state index is 11.9. The fourth-order valence-corrected chi connectivity index (χ4v) is 2.67. The van der Waals surface area contributed by atoms with Gasteiger partial charge >= 0.3 is 0 Å². The molecule has 114 valence electrons. The number of nitrogens with two attached hydrogens (primary N) is 1. The lowest BCUT2D eigenvalue weighted by Gasteiger charge is -2.14. The van der Waals surface area contributed by atoms with Crippen LogP contribution in [0.5, 0.6) is 0 Å². The van der Waals surface area contributed by atoms with Crippen molar-refractivity contribution in [2.24, 2.45) is 0 Å². The number of rotatable bonds is 8. The summed E-state index contributed by atoms with van der Waals surface area (Å²) < 4.78 is 31.0. The first-order chi connectivity index (χ1) is 9.40. The molecule has 1 unspecified atom stereocenters. The van der Waals surface area contributed by atoms with Crippen LogP contribution in [0, 0.1) is 0 Å². The third kappa shape index (κ3) is 4.64. The second-order valence-corrected chi connectivity index (χ2v) is 6.01. The lowest BCUT2D eigenvalue weighted by molar-refractivity contribution is 0.0728. The molecule has 0 radical (unpaired) electrons. The van der Waals surface area contributed by atoms with E-state index < -0.39 is 16.1 Å². The minimum absolute atomic E-state index is 0.122. The predicted octanol–water partition coefficient (Wildman–Crippen LogP) is -0.0138. The number of ether oxygens (including phenoxy) is 1. The summed E-state index contributed by atoms with van der Waals surface area (Å²) in [6.45, 7) is 2.40. The second-order valence-electron chi connectivity index (χ2n) is 4.24. The molecule has 8 heteroatoms. The van der Waals surface area contributed by atoms with Gasteiger partial charge in [-0.1, -0.05) is 6.92 Å². The van der Waals surface area contributed by atoms with Crippen molar-refractivity contribution in [3.05, 3.63) is 18.2 Å². The topological polar surface area (TPSA) is 114 Å². The van der Waals surface area contributed by atoms with E-state index in [9.17, 15) is 13.5 Å². The molecule has 1 aromatic carbocycles. The third-order valence-electron chi connectivity index (χ3n) is 2.56. The molecule has 0 spiro atoms. The molecule has 0 aliphatic rings. The molecule has 0 aromatic heterocycles. The third-order valence-corrected chi connectivity index (χ3v) is 4.10. The zero-order valence-corrected chi connectivity index (χ0v) is 12.4. The predicted molar refractivity (Wildman–Crippen MR) is 78.1 cm³/mol. The van der Waals surface area contributed by atoms with E-state index in [4.69, 9.17) is 10.5 Å². The van der Waals surface area contributed by atoms with Crippen molar-refractivity contribution in [3.8, 4) is 0 Å². The van der Waals surface area contributed by atoms with Gasteiger partial charge in [0.2, 0.25) is 10.0 Å². The maximum absolute atomic E-state index is 11.9. The van der Waals surface area contributed by atoms with Gasteiger partial charge in [0, 0.05) is 20.2 Å². The molecule has 0 heterocycles. The molecule has 0 saturated carbocycles. The summed E-state index contributed by atoms with van der Waals surface area (Å²) in [5.41, 5.74) is 6.64. The van der Waals surface area contributed by atoms with Crippen molar-refractivity contribution in [1.82, 2.24) is 4.72 Å². The summed E-state index contributed by atoms with van der Waals surface area (Å²) in [7, 11) is -2.04. The Bertz CT molecular complexity index is 534. The minimum atomic E-state index is -3.53. The van der Waals surface area contributed by atoms with Gasteiger partial charge in [-0.25, -0.2) is 13.1 Å². The minimum Gasteiger partial charge on any atom is -0.397 e. The van der Waals surface area contributed by atoms with E-state index in [1.165, 1.54) is 25.3 Å². The molecule has 7 nitrogen and oxygen atoms in total. The molecule has 1 aromatic rings. The van der Waals surface area contributed by atoms with Crippen LogP contribution in [0.15, 0.2) is 23.1 Å². The lowest BCUT2D eigenvalue weighted by Crippen LogP contribution is -2.25. The largest absolute Gasteiger partial charge is 0.397 e. The molecule has 0 fully saturated rings. The van der Waals surface area contributed by atoms with E-state index in [1.54, 1.807) is 6.92 Å². The maximum Gasteiger partial charge on any atom is 0.240 e. The number of aliphatic hydroxyl groups excluding tert-OH is 1. The van der Waals surface area contributed by atoms with Gasteiger partial charge in [-0.3, -0.25) is 0 Å². The zero-order chi connectivity index (χ0) is 15.2. The molecule has 0 bridgehead atoms. The first-order valence-corrected chi connectivity index (χ1v) is 7.69. The van der Waals surface area contributed by atoms with Gasteiger partial charge in [0.1, 0.15) is 0 Å². The monoisotopic (exact) mass is 303 g/mol. The smallest absolute Gasteiger partial charge is 0.240 e. The summed E-state index contributed by atoms with van der Waals surface area (Å²) in [5, 5.41) is 12.5. The van der Waals surface area contributed by atoms with Crippen molar-refractivity contribution in [2.75, 3.05) is 37.9 Å². The van der Waals surface area contributed by atoms with Crippen molar-refractivity contribution < 1.29 is 18.3 Å². The highest BCUT2D eigenvalue weighted by Gasteiger charge is 2.14. The molecule has 0 aliphatic carbocycles. The number of anilines is 2. The Labute approximate surface area is 119 Å². The van der Waals surface area contributed by atoms with E-state index >= 15 is 0 Å². The highest BCUT2D eigenvalue weighted by atomic mass is 32.2. The van der Waals surface area contributed by atoms with Crippen molar-refractivity contribution in [1.29, 1.82) is 0 Å². The number of hydrogen-bond donors (Lipinski definition) is 4. The Kier molecular flexibility index (Phi) is 6.21.